The molecule has 11 heteroatoms. The molecule has 1 N–H and O–H groups in total. The Morgan fingerprint density at radius 2 is 2.22 bits per heavy atom. The van der Waals surface area contributed by atoms with Crippen molar-refractivity contribution in [1.82, 2.24) is 24.2 Å². The summed E-state index contributed by atoms with van der Waals surface area (Å²) >= 11 is 1.56. The van der Waals surface area contributed by atoms with Gasteiger partial charge in [0.1, 0.15) is 5.65 Å². The van der Waals surface area contributed by atoms with Crippen molar-refractivity contribution in [3.8, 4) is 11.4 Å². The molecule has 4 aromatic rings. The Kier molecular flexibility index (Phi) is 5.80. The predicted molar refractivity (Wildman–Crippen MR) is 127 cm³/mol. The number of rotatable bonds is 6. The van der Waals surface area contributed by atoms with E-state index < -0.39 is 10.9 Å². The molecule has 0 radical (unpaired) electrons. The molecule has 0 amide bonds. The zero-order chi connectivity index (χ0) is 22.2. The number of pyridine rings is 1. The number of nitrogens with zero attached hydrogens (tertiary/aromatic N) is 5. The largest absolute Gasteiger partial charge is 0.377 e. The van der Waals surface area contributed by atoms with Gasteiger partial charge in [-0.05, 0) is 24.4 Å². The molecule has 1 fully saturated rings. The number of H-pyrrole nitrogens is 1. The molecule has 1 saturated heterocycles. The smallest absolute Gasteiger partial charge is 0.204 e. The van der Waals surface area contributed by atoms with Crippen molar-refractivity contribution in [3.05, 3.63) is 35.5 Å². The van der Waals surface area contributed by atoms with Crippen LogP contribution in [-0.4, -0.2) is 65.0 Å². The van der Waals surface area contributed by atoms with E-state index in [0.29, 0.717) is 32.1 Å². The molecule has 4 aromatic heterocycles. The number of hydrogen-bond donors (Lipinski definition) is 2. The van der Waals surface area contributed by atoms with Crippen LogP contribution in [-0.2, 0) is 22.2 Å². The molecule has 5 rings (SSSR count). The van der Waals surface area contributed by atoms with Crippen LogP contribution in [0.15, 0.2) is 29.9 Å². The predicted octanol–water partition coefficient (Wildman–Crippen LogP) is 2.81. The minimum atomic E-state index is -2.66. The van der Waals surface area contributed by atoms with Gasteiger partial charge in [0.05, 0.1) is 29.5 Å². The van der Waals surface area contributed by atoms with Crippen molar-refractivity contribution in [2.24, 2.45) is 0 Å². The highest BCUT2D eigenvalue weighted by Crippen LogP contribution is 2.37. The molecule has 9 nitrogen and oxygen atoms in total. The molecule has 0 spiro atoms. The number of fused-ring (bicyclic) bond motifs is 2. The number of morpholine rings is 1. The standard InChI is InChI=1S/C21H24N6O3S2/c1-3-26(32(28)29)10-14-12-31-18-17(14)24-20(16-5-7-23-19-15(16)4-6-22-19)25-21(18)27-8-9-30-11-13(27)2/h4-7,12-13,32H,3,8-11H2,1-2H3,(H,22,23)/t13-/m1/s1. The fourth-order valence-electron chi connectivity index (χ4n) is 4.06. The van der Waals surface area contributed by atoms with Crippen LogP contribution in [0.2, 0.25) is 0 Å². The summed E-state index contributed by atoms with van der Waals surface area (Å²) in [7, 11) is -2.66. The normalized spacial score (nSPS) is 17.2. The summed E-state index contributed by atoms with van der Waals surface area (Å²) in [4.78, 5) is 19.7. The Morgan fingerprint density at radius 1 is 1.34 bits per heavy atom. The van der Waals surface area contributed by atoms with E-state index >= 15 is 0 Å². The Morgan fingerprint density at radius 3 is 3.00 bits per heavy atom. The van der Waals surface area contributed by atoms with Crippen molar-refractivity contribution < 1.29 is 13.2 Å². The third-order valence-electron chi connectivity index (χ3n) is 5.76. The van der Waals surface area contributed by atoms with Crippen LogP contribution in [0.25, 0.3) is 32.6 Å². The first-order valence-corrected chi connectivity index (χ1v) is 12.5. The Balaban J connectivity index is 1.72. The lowest BCUT2D eigenvalue weighted by Gasteiger charge is -2.34. The summed E-state index contributed by atoms with van der Waals surface area (Å²) in [6, 6.07) is 4.06. The Bertz CT molecular complexity index is 1340. The first-order chi connectivity index (χ1) is 15.6. The number of thiol groups is 1. The Hall–Kier alpha value is -2.60. The average molecular weight is 473 g/mol. The maximum atomic E-state index is 11.7. The van der Waals surface area contributed by atoms with Crippen molar-refractivity contribution in [2.75, 3.05) is 31.2 Å². The van der Waals surface area contributed by atoms with Gasteiger partial charge in [0.2, 0.25) is 10.9 Å². The monoisotopic (exact) mass is 472 g/mol. The molecule has 0 aliphatic carbocycles. The Labute approximate surface area is 191 Å². The number of aromatic nitrogens is 4. The van der Waals surface area contributed by atoms with Crippen LogP contribution >= 0.6 is 11.3 Å². The van der Waals surface area contributed by atoms with Gasteiger partial charge in [-0.25, -0.2) is 23.4 Å². The molecule has 1 atom stereocenters. The van der Waals surface area contributed by atoms with Crippen LogP contribution < -0.4 is 4.90 Å². The third-order valence-corrected chi connectivity index (χ3v) is 7.66. The summed E-state index contributed by atoms with van der Waals surface area (Å²) in [5.74, 6) is 1.47. The maximum absolute atomic E-state index is 11.7. The van der Waals surface area contributed by atoms with Gasteiger partial charge in [0.15, 0.2) is 11.6 Å². The molecular weight excluding hydrogens is 448 g/mol. The molecule has 1 aliphatic rings. The second-order valence-corrected chi connectivity index (χ2v) is 9.66. The molecule has 1 aliphatic heterocycles. The van der Waals surface area contributed by atoms with Gasteiger partial charge in [0, 0.05) is 48.5 Å². The molecular formula is C21H24N6O3S2. The molecule has 0 saturated carbocycles. The molecule has 32 heavy (non-hydrogen) atoms. The lowest BCUT2D eigenvalue weighted by molar-refractivity contribution is 0.0987. The molecule has 0 bridgehead atoms. The molecule has 5 heterocycles. The molecule has 168 valence electrons. The number of hydrogen-bond acceptors (Lipinski definition) is 8. The van der Waals surface area contributed by atoms with Crippen LogP contribution in [0.1, 0.15) is 19.4 Å². The van der Waals surface area contributed by atoms with Crippen molar-refractivity contribution in [2.45, 2.75) is 26.4 Å². The van der Waals surface area contributed by atoms with E-state index in [1.165, 1.54) is 4.31 Å². The van der Waals surface area contributed by atoms with E-state index in [4.69, 9.17) is 14.7 Å². The van der Waals surface area contributed by atoms with Crippen LogP contribution in [0.5, 0.6) is 0 Å². The molecule has 0 aromatic carbocycles. The van der Waals surface area contributed by atoms with Gasteiger partial charge in [-0.3, -0.25) is 0 Å². The van der Waals surface area contributed by atoms with Crippen molar-refractivity contribution in [1.29, 1.82) is 0 Å². The van der Waals surface area contributed by atoms with E-state index in [1.807, 2.05) is 30.6 Å². The first-order valence-electron chi connectivity index (χ1n) is 10.5. The second kappa shape index (κ2) is 8.74. The number of aromatic amines is 1. The summed E-state index contributed by atoms with van der Waals surface area (Å²) in [5.41, 5.74) is 3.35. The zero-order valence-corrected chi connectivity index (χ0v) is 19.5. The minimum Gasteiger partial charge on any atom is -0.377 e. The van der Waals surface area contributed by atoms with E-state index in [9.17, 15) is 8.42 Å². The van der Waals surface area contributed by atoms with Gasteiger partial charge in [-0.2, -0.15) is 4.31 Å². The SMILES string of the molecule is CCN(Cc1csc2c(N3CCOC[C@H]3C)nc(-c3ccnc4[nH]ccc34)nc12)[SH](=O)=O. The van der Waals surface area contributed by atoms with Gasteiger partial charge < -0.3 is 14.6 Å². The summed E-state index contributed by atoms with van der Waals surface area (Å²) in [6.45, 7) is 6.68. The first kappa shape index (κ1) is 21.3. The van der Waals surface area contributed by atoms with E-state index in [0.717, 1.165) is 44.7 Å². The minimum absolute atomic E-state index is 0.174. The second-order valence-electron chi connectivity index (χ2n) is 7.74. The van der Waals surface area contributed by atoms with Gasteiger partial charge in [-0.15, -0.1) is 11.3 Å². The maximum Gasteiger partial charge on any atom is 0.204 e. The van der Waals surface area contributed by atoms with Crippen molar-refractivity contribution >= 4 is 49.3 Å². The van der Waals surface area contributed by atoms with Gasteiger partial charge in [0.25, 0.3) is 0 Å². The number of ether oxygens (including phenoxy) is 1. The highest BCUT2D eigenvalue weighted by molar-refractivity contribution is 7.69. The fourth-order valence-corrected chi connectivity index (χ4v) is 5.56. The van der Waals surface area contributed by atoms with Crippen LogP contribution in [0, 0.1) is 0 Å². The van der Waals surface area contributed by atoms with E-state index in [2.05, 4.69) is 21.8 Å². The van der Waals surface area contributed by atoms with E-state index in [1.54, 1.807) is 17.5 Å². The summed E-state index contributed by atoms with van der Waals surface area (Å²) in [5, 5.41) is 2.94. The number of thiophene rings is 1. The summed E-state index contributed by atoms with van der Waals surface area (Å²) in [6.07, 6.45) is 3.60. The summed E-state index contributed by atoms with van der Waals surface area (Å²) < 4.78 is 31.3. The van der Waals surface area contributed by atoms with Crippen LogP contribution in [0.3, 0.4) is 0 Å². The fraction of sp³-hybridized carbons (Fsp3) is 0.381. The van der Waals surface area contributed by atoms with Gasteiger partial charge >= 0.3 is 0 Å². The van der Waals surface area contributed by atoms with Crippen molar-refractivity contribution in [3.63, 3.8) is 0 Å². The average Bonchev–Trinajstić information content (AvgIpc) is 3.44. The van der Waals surface area contributed by atoms with Crippen LogP contribution in [0.4, 0.5) is 5.82 Å². The highest BCUT2D eigenvalue weighted by atomic mass is 32.2. The topological polar surface area (TPSA) is 104 Å². The van der Waals surface area contributed by atoms with Gasteiger partial charge in [-0.1, -0.05) is 6.92 Å². The number of nitrogens with one attached hydrogen (secondary N) is 1. The third kappa shape index (κ3) is 3.75. The quantitative estimate of drug-likeness (QED) is 0.416. The zero-order valence-electron chi connectivity index (χ0n) is 17.8. The lowest BCUT2D eigenvalue weighted by atomic mass is 10.1. The highest BCUT2D eigenvalue weighted by Gasteiger charge is 2.26. The molecule has 0 unspecified atom stereocenters. The lowest BCUT2D eigenvalue weighted by Crippen LogP contribution is -2.44. The van der Waals surface area contributed by atoms with E-state index in [-0.39, 0.29) is 6.04 Å². The number of anilines is 1.